The second kappa shape index (κ2) is 9.78. The molecule has 0 atom stereocenters. The number of amides is 2. The maximum atomic E-state index is 12.5. The Bertz CT molecular complexity index is 769. The molecule has 0 aromatic heterocycles. The van der Waals surface area contributed by atoms with Crippen molar-refractivity contribution >= 4 is 17.5 Å². The second-order valence-corrected chi connectivity index (χ2v) is 6.70. The number of benzene rings is 2. The first-order chi connectivity index (χ1) is 13.7. The number of likely N-dealkylation sites (tertiary alicyclic amines) is 1. The van der Waals surface area contributed by atoms with Gasteiger partial charge in [0.1, 0.15) is 11.5 Å². The smallest absolute Gasteiger partial charge is 0.260 e. The van der Waals surface area contributed by atoms with E-state index in [0.29, 0.717) is 38.3 Å². The van der Waals surface area contributed by atoms with Crippen LogP contribution < -0.4 is 14.8 Å². The van der Waals surface area contributed by atoms with Crippen LogP contribution >= 0.6 is 0 Å². The van der Waals surface area contributed by atoms with Gasteiger partial charge < -0.3 is 19.7 Å². The molecule has 3 rings (SSSR count). The molecule has 0 spiro atoms. The van der Waals surface area contributed by atoms with Crippen molar-refractivity contribution in [1.29, 1.82) is 0 Å². The third-order valence-corrected chi connectivity index (χ3v) is 4.76. The Morgan fingerprint density at radius 3 is 2.25 bits per heavy atom. The van der Waals surface area contributed by atoms with E-state index in [1.54, 1.807) is 4.90 Å². The molecule has 0 unspecified atom stereocenters. The Hall–Kier alpha value is -3.02. The van der Waals surface area contributed by atoms with Gasteiger partial charge in [-0.25, -0.2) is 0 Å². The molecular weight excluding hydrogens is 356 g/mol. The highest BCUT2D eigenvalue weighted by molar-refractivity contribution is 5.92. The van der Waals surface area contributed by atoms with Crippen molar-refractivity contribution in [2.75, 3.05) is 31.6 Å². The van der Waals surface area contributed by atoms with Crippen molar-refractivity contribution in [2.45, 2.75) is 19.8 Å². The predicted octanol–water partition coefficient (Wildman–Crippen LogP) is 3.34. The molecule has 6 heteroatoms. The van der Waals surface area contributed by atoms with Crippen molar-refractivity contribution in [3.8, 4) is 11.5 Å². The zero-order valence-corrected chi connectivity index (χ0v) is 16.1. The Morgan fingerprint density at radius 2 is 1.61 bits per heavy atom. The van der Waals surface area contributed by atoms with Gasteiger partial charge in [-0.3, -0.25) is 9.59 Å². The van der Waals surface area contributed by atoms with Crippen molar-refractivity contribution in [1.82, 2.24) is 4.90 Å². The first kappa shape index (κ1) is 19.7. The molecule has 28 heavy (non-hydrogen) atoms. The van der Waals surface area contributed by atoms with E-state index in [9.17, 15) is 9.59 Å². The predicted molar refractivity (Wildman–Crippen MR) is 107 cm³/mol. The normalized spacial score (nSPS) is 14.4. The van der Waals surface area contributed by atoms with E-state index >= 15 is 0 Å². The number of carbonyl (C=O) groups is 2. The van der Waals surface area contributed by atoms with Crippen molar-refractivity contribution in [2.24, 2.45) is 5.92 Å². The van der Waals surface area contributed by atoms with Gasteiger partial charge in [-0.2, -0.15) is 0 Å². The number of anilines is 1. The highest BCUT2D eigenvalue weighted by Gasteiger charge is 2.27. The molecule has 1 aliphatic rings. The summed E-state index contributed by atoms with van der Waals surface area (Å²) in [5, 5.41) is 2.95. The first-order valence-electron chi connectivity index (χ1n) is 9.65. The molecule has 2 amide bonds. The summed E-state index contributed by atoms with van der Waals surface area (Å²) < 4.78 is 10.9. The Labute approximate surface area is 165 Å². The minimum absolute atomic E-state index is 0.00297. The standard InChI is InChI=1S/C22H26N2O4/c1-2-27-20-10-8-18(9-11-20)23-22(26)17-12-14-24(15-13-17)21(25)16-28-19-6-4-3-5-7-19/h3-11,17H,2,12-16H2,1H3,(H,23,26). The molecule has 2 aromatic rings. The lowest BCUT2D eigenvalue weighted by Crippen LogP contribution is -2.43. The van der Waals surface area contributed by atoms with Crippen LogP contribution in [0.2, 0.25) is 0 Å². The van der Waals surface area contributed by atoms with Crippen molar-refractivity contribution in [3.05, 3.63) is 54.6 Å². The van der Waals surface area contributed by atoms with Crippen LogP contribution in [0.5, 0.6) is 11.5 Å². The van der Waals surface area contributed by atoms with Crippen LogP contribution in [-0.4, -0.2) is 43.0 Å². The van der Waals surface area contributed by atoms with Crippen molar-refractivity contribution in [3.63, 3.8) is 0 Å². The van der Waals surface area contributed by atoms with Crippen LogP contribution in [0, 0.1) is 5.92 Å². The number of nitrogens with zero attached hydrogens (tertiary/aromatic N) is 1. The molecule has 0 bridgehead atoms. The van der Waals surface area contributed by atoms with Crippen LogP contribution in [0.15, 0.2) is 54.6 Å². The van der Waals surface area contributed by atoms with Gasteiger partial charge >= 0.3 is 0 Å². The van der Waals surface area contributed by atoms with Crippen LogP contribution in [0.3, 0.4) is 0 Å². The Kier molecular flexibility index (Phi) is 6.89. The molecule has 0 radical (unpaired) electrons. The summed E-state index contributed by atoms with van der Waals surface area (Å²) in [7, 11) is 0. The number of para-hydroxylation sites is 1. The lowest BCUT2D eigenvalue weighted by Gasteiger charge is -2.31. The summed E-state index contributed by atoms with van der Waals surface area (Å²) >= 11 is 0. The van der Waals surface area contributed by atoms with Gasteiger partial charge in [-0.15, -0.1) is 0 Å². The van der Waals surface area contributed by atoms with E-state index in [4.69, 9.17) is 9.47 Å². The fraction of sp³-hybridized carbons (Fsp3) is 0.364. The maximum Gasteiger partial charge on any atom is 0.260 e. The average molecular weight is 382 g/mol. The van der Waals surface area contributed by atoms with Gasteiger partial charge in [0, 0.05) is 24.7 Å². The molecule has 0 aliphatic carbocycles. The molecule has 1 fully saturated rings. The van der Waals surface area contributed by atoms with E-state index in [1.807, 2.05) is 61.5 Å². The van der Waals surface area contributed by atoms with Crippen LogP contribution in [0.1, 0.15) is 19.8 Å². The topological polar surface area (TPSA) is 67.9 Å². The number of carbonyl (C=O) groups excluding carboxylic acids is 2. The second-order valence-electron chi connectivity index (χ2n) is 6.70. The fourth-order valence-electron chi connectivity index (χ4n) is 3.19. The highest BCUT2D eigenvalue weighted by Crippen LogP contribution is 2.21. The fourth-order valence-corrected chi connectivity index (χ4v) is 3.19. The first-order valence-corrected chi connectivity index (χ1v) is 9.65. The molecule has 2 aromatic carbocycles. The lowest BCUT2D eigenvalue weighted by molar-refractivity contribution is -0.136. The third-order valence-electron chi connectivity index (χ3n) is 4.76. The van der Waals surface area contributed by atoms with Gasteiger partial charge in [0.25, 0.3) is 5.91 Å². The Balaban J connectivity index is 1.42. The number of piperidine rings is 1. The molecule has 1 aliphatic heterocycles. The zero-order valence-electron chi connectivity index (χ0n) is 16.1. The SMILES string of the molecule is CCOc1ccc(NC(=O)C2CCN(C(=O)COc3ccccc3)CC2)cc1. The van der Waals surface area contributed by atoms with Gasteiger partial charge in [-0.1, -0.05) is 18.2 Å². The van der Waals surface area contributed by atoms with Crippen LogP contribution in [0.25, 0.3) is 0 Å². The molecule has 148 valence electrons. The summed E-state index contributed by atoms with van der Waals surface area (Å²) in [6, 6.07) is 16.6. The molecule has 6 nitrogen and oxygen atoms in total. The van der Waals surface area contributed by atoms with Crippen molar-refractivity contribution < 1.29 is 19.1 Å². The van der Waals surface area contributed by atoms with Gasteiger partial charge in [0.2, 0.25) is 5.91 Å². The largest absolute Gasteiger partial charge is 0.494 e. The van der Waals surface area contributed by atoms with Crippen LogP contribution in [0.4, 0.5) is 5.69 Å². The van der Waals surface area contributed by atoms with E-state index in [1.165, 1.54) is 0 Å². The number of ether oxygens (including phenoxy) is 2. The zero-order chi connectivity index (χ0) is 19.8. The van der Waals surface area contributed by atoms with Gasteiger partial charge in [0.05, 0.1) is 6.61 Å². The number of hydrogen-bond acceptors (Lipinski definition) is 4. The molecule has 1 heterocycles. The number of hydrogen-bond donors (Lipinski definition) is 1. The van der Waals surface area contributed by atoms with Gasteiger partial charge in [-0.05, 0) is 56.2 Å². The molecule has 0 saturated carbocycles. The summed E-state index contributed by atoms with van der Waals surface area (Å²) in [5.74, 6) is 1.32. The van der Waals surface area contributed by atoms with E-state index in [2.05, 4.69) is 5.32 Å². The highest BCUT2D eigenvalue weighted by atomic mass is 16.5. The third kappa shape index (κ3) is 5.49. The van der Waals surface area contributed by atoms with E-state index in [0.717, 1.165) is 11.4 Å². The summed E-state index contributed by atoms with van der Waals surface area (Å²) in [6.45, 7) is 3.70. The lowest BCUT2D eigenvalue weighted by atomic mass is 9.95. The van der Waals surface area contributed by atoms with E-state index in [-0.39, 0.29) is 24.3 Å². The minimum atomic E-state index is -0.0920. The summed E-state index contributed by atoms with van der Waals surface area (Å²) in [4.78, 5) is 26.6. The van der Waals surface area contributed by atoms with Crippen LogP contribution in [-0.2, 0) is 9.59 Å². The summed E-state index contributed by atoms with van der Waals surface area (Å²) in [6.07, 6.45) is 1.31. The minimum Gasteiger partial charge on any atom is -0.494 e. The Morgan fingerprint density at radius 1 is 0.964 bits per heavy atom. The molecular formula is C22H26N2O4. The monoisotopic (exact) mass is 382 g/mol. The average Bonchev–Trinajstić information content (AvgIpc) is 2.74. The van der Waals surface area contributed by atoms with Gasteiger partial charge in [0.15, 0.2) is 6.61 Å². The quantitative estimate of drug-likeness (QED) is 0.798. The number of nitrogens with one attached hydrogen (secondary N) is 1. The summed E-state index contributed by atoms with van der Waals surface area (Å²) in [5.41, 5.74) is 0.753. The maximum absolute atomic E-state index is 12.5. The molecule has 1 N–H and O–H groups in total. The number of rotatable bonds is 7. The van der Waals surface area contributed by atoms with E-state index < -0.39 is 0 Å². The molecule has 1 saturated heterocycles.